The highest BCUT2D eigenvalue weighted by molar-refractivity contribution is 4.93. The van der Waals surface area contributed by atoms with Gasteiger partial charge in [0, 0.05) is 0 Å². The van der Waals surface area contributed by atoms with Crippen molar-refractivity contribution in [2.75, 3.05) is 13.1 Å². The smallest absolute Gasteiger partial charge is 0.322 e. The van der Waals surface area contributed by atoms with Crippen LogP contribution in [0, 0.1) is 0 Å². The van der Waals surface area contributed by atoms with E-state index in [0.29, 0.717) is 0 Å². The van der Waals surface area contributed by atoms with Crippen LogP contribution in [-0.2, 0) is 4.74 Å². The lowest BCUT2D eigenvalue weighted by molar-refractivity contribution is -0.187. The number of hydrogen-bond donors (Lipinski definition) is 0. The summed E-state index contributed by atoms with van der Waals surface area (Å²) in [5.74, 6) is -1.91. The van der Waals surface area contributed by atoms with E-state index in [1.807, 2.05) is 0 Å². The van der Waals surface area contributed by atoms with E-state index < -0.39 is 37.8 Å². The van der Waals surface area contributed by atoms with Gasteiger partial charge in [0.1, 0.15) is 0 Å². The Kier molecular flexibility index (Phi) is 3.07. The molecule has 1 rings (SSSR count). The Bertz CT molecular complexity index is 207. The van der Waals surface area contributed by atoms with Gasteiger partial charge >= 0.3 is 6.08 Å². The van der Waals surface area contributed by atoms with Crippen LogP contribution in [0.5, 0.6) is 0 Å². The molecule has 7 heteroatoms. The Morgan fingerprint density at radius 1 is 1.08 bits per heavy atom. The van der Waals surface area contributed by atoms with Gasteiger partial charge in [-0.2, -0.15) is 13.2 Å². The fraction of sp³-hybridized carbons (Fsp3) is 0.667. The van der Waals surface area contributed by atoms with Crippen LogP contribution in [0.4, 0.5) is 22.0 Å². The first kappa shape index (κ1) is 10.2. The van der Waals surface area contributed by atoms with E-state index in [1.165, 1.54) is 0 Å². The molecule has 0 amide bonds. The van der Waals surface area contributed by atoms with Gasteiger partial charge < -0.3 is 9.64 Å². The molecule has 2 atom stereocenters. The van der Waals surface area contributed by atoms with E-state index in [1.54, 1.807) is 0 Å². The van der Waals surface area contributed by atoms with Gasteiger partial charge in [-0.05, 0) is 0 Å². The van der Waals surface area contributed by atoms with Crippen molar-refractivity contribution in [2.24, 2.45) is 0 Å². The number of morpholine rings is 1. The minimum absolute atomic E-state index is 0.258. The van der Waals surface area contributed by atoms with Gasteiger partial charge in [0.15, 0.2) is 0 Å². The molecule has 1 fully saturated rings. The zero-order valence-corrected chi connectivity index (χ0v) is 6.31. The van der Waals surface area contributed by atoms with Gasteiger partial charge in [0.2, 0.25) is 12.7 Å². The number of alkyl halides is 2. The molecule has 2 unspecified atom stereocenters. The standard InChI is InChI=1S/C6H6F5NO/c7-3-1-12(2-4(8)13-3)6(11)5(9)10/h3-4H,1-2H2. The zero-order chi connectivity index (χ0) is 10.0. The third-order valence-electron chi connectivity index (χ3n) is 1.46. The van der Waals surface area contributed by atoms with Crippen LogP contribution >= 0.6 is 0 Å². The van der Waals surface area contributed by atoms with Crippen molar-refractivity contribution in [1.29, 1.82) is 0 Å². The molecule has 0 N–H and O–H groups in total. The number of hydrogen-bond acceptors (Lipinski definition) is 2. The van der Waals surface area contributed by atoms with Crippen molar-refractivity contribution >= 4 is 0 Å². The molecule has 76 valence electrons. The zero-order valence-electron chi connectivity index (χ0n) is 6.31. The summed E-state index contributed by atoms with van der Waals surface area (Å²) in [5.41, 5.74) is 0. The van der Waals surface area contributed by atoms with Crippen LogP contribution in [0.15, 0.2) is 12.0 Å². The molecule has 1 heterocycles. The fourth-order valence-electron chi connectivity index (χ4n) is 0.947. The molecule has 0 spiro atoms. The third kappa shape index (κ3) is 2.55. The van der Waals surface area contributed by atoms with Crippen molar-refractivity contribution < 1.29 is 26.7 Å². The van der Waals surface area contributed by atoms with Gasteiger partial charge in [-0.25, -0.2) is 8.78 Å². The summed E-state index contributed by atoms with van der Waals surface area (Å²) in [7, 11) is 0. The van der Waals surface area contributed by atoms with E-state index in [9.17, 15) is 22.0 Å². The maximum Gasteiger partial charge on any atom is 0.322 e. The summed E-state index contributed by atoms with van der Waals surface area (Å²) >= 11 is 0. The fourth-order valence-corrected chi connectivity index (χ4v) is 0.947. The van der Waals surface area contributed by atoms with Crippen molar-refractivity contribution in [3.63, 3.8) is 0 Å². The van der Waals surface area contributed by atoms with Crippen molar-refractivity contribution in [2.45, 2.75) is 12.7 Å². The molecule has 13 heavy (non-hydrogen) atoms. The molecule has 0 saturated carbocycles. The lowest BCUT2D eigenvalue weighted by Gasteiger charge is -2.30. The van der Waals surface area contributed by atoms with Crippen LogP contribution in [0.3, 0.4) is 0 Å². The second-order valence-corrected chi connectivity index (χ2v) is 2.41. The largest absolute Gasteiger partial charge is 0.333 e. The van der Waals surface area contributed by atoms with E-state index in [-0.39, 0.29) is 4.90 Å². The van der Waals surface area contributed by atoms with Crippen LogP contribution in [0.2, 0.25) is 0 Å². The Labute approximate surface area is 70.6 Å². The summed E-state index contributed by atoms with van der Waals surface area (Å²) in [6.07, 6.45) is -6.77. The second-order valence-electron chi connectivity index (χ2n) is 2.41. The average Bonchev–Trinajstić information content (AvgIpc) is 2.01. The summed E-state index contributed by atoms with van der Waals surface area (Å²) in [6.45, 7) is -1.47. The van der Waals surface area contributed by atoms with Crippen LogP contribution in [0.1, 0.15) is 0 Å². The van der Waals surface area contributed by atoms with Gasteiger partial charge in [0.05, 0.1) is 13.1 Å². The third-order valence-corrected chi connectivity index (χ3v) is 1.46. The monoisotopic (exact) mass is 203 g/mol. The highest BCUT2D eigenvalue weighted by atomic mass is 19.3. The maximum absolute atomic E-state index is 12.4. The molecule has 0 aromatic heterocycles. The van der Waals surface area contributed by atoms with Crippen molar-refractivity contribution in [1.82, 2.24) is 4.90 Å². The summed E-state index contributed by atoms with van der Waals surface area (Å²) in [4.78, 5) is 0.258. The van der Waals surface area contributed by atoms with Gasteiger partial charge in [-0.1, -0.05) is 0 Å². The molecular formula is C6H6F5NO. The first-order chi connectivity index (χ1) is 6.00. The van der Waals surface area contributed by atoms with E-state index >= 15 is 0 Å². The molecule has 0 aromatic carbocycles. The lowest BCUT2D eigenvalue weighted by atomic mass is 10.4. The molecule has 1 saturated heterocycles. The molecule has 1 aliphatic rings. The van der Waals surface area contributed by atoms with Crippen molar-refractivity contribution in [3.05, 3.63) is 12.0 Å². The van der Waals surface area contributed by atoms with Gasteiger partial charge in [0.25, 0.3) is 5.95 Å². The quantitative estimate of drug-likeness (QED) is 0.477. The van der Waals surface area contributed by atoms with Crippen LogP contribution in [-0.4, -0.2) is 30.7 Å². The first-order valence-electron chi connectivity index (χ1n) is 3.40. The predicted octanol–water partition coefficient (Wildman–Crippen LogP) is 1.94. The SMILES string of the molecule is FC(F)=C(F)N1CC(F)OC(F)C1. The number of rotatable bonds is 1. The molecule has 1 aliphatic heterocycles. The number of nitrogens with zero attached hydrogens (tertiary/aromatic N) is 1. The molecule has 0 radical (unpaired) electrons. The molecule has 0 bridgehead atoms. The predicted molar refractivity (Wildman–Crippen MR) is 32.8 cm³/mol. The lowest BCUT2D eigenvalue weighted by Crippen LogP contribution is -2.43. The normalized spacial score (nSPS) is 28.8. The molecule has 2 nitrogen and oxygen atoms in total. The second kappa shape index (κ2) is 3.91. The Hall–Kier alpha value is -0.850. The minimum Gasteiger partial charge on any atom is -0.333 e. The Morgan fingerprint density at radius 3 is 1.92 bits per heavy atom. The first-order valence-corrected chi connectivity index (χ1v) is 3.40. The Balaban J connectivity index is 2.65. The topological polar surface area (TPSA) is 12.5 Å². The van der Waals surface area contributed by atoms with Crippen LogP contribution < -0.4 is 0 Å². The van der Waals surface area contributed by atoms with Gasteiger partial charge in [-0.15, -0.1) is 0 Å². The maximum atomic E-state index is 12.4. The average molecular weight is 203 g/mol. The summed E-state index contributed by atoms with van der Waals surface area (Å²) < 4.78 is 64.4. The van der Waals surface area contributed by atoms with Gasteiger partial charge in [-0.3, -0.25) is 0 Å². The Morgan fingerprint density at radius 2 is 1.54 bits per heavy atom. The van der Waals surface area contributed by atoms with E-state index in [0.717, 1.165) is 0 Å². The minimum atomic E-state index is -2.60. The van der Waals surface area contributed by atoms with E-state index in [2.05, 4.69) is 4.74 Å². The highest BCUT2D eigenvalue weighted by Crippen LogP contribution is 2.21. The number of halogens is 5. The highest BCUT2D eigenvalue weighted by Gasteiger charge is 2.30. The number of ether oxygens (including phenoxy) is 1. The molecule has 0 aliphatic carbocycles. The summed E-state index contributed by atoms with van der Waals surface area (Å²) in [5, 5.41) is 0. The summed E-state index contributed by atoms with van der Waals surface area (Å²) in [6, 6.07) is 0. The van der Waals surface area contributed by atoms with E-state index in [4.69, 9.17) is 0 Å². The van der Waals surface area contributed by atoms with Crippen molar-refractivity contribution in [3.8, 4) is 0 Å². The molecular weight excluding hydrogens is 197 g/mol. The molecule has 0 aromatic rings. The van der Waals surface area contributed by atoms with Crippen LogP contribution in [0.25, 0.3) is 0 Å².